The molecule has 0 atom stereocenters. The average Bonchev–Trinajstić information content (AvgIpc) is 2.52. The van der Waals surface area contributed by atoms with Gasteiger partial charge < -0.3 is 0 Å². The van der Waals surface area contributed by atoms with Gasteiger partial charge in [-0.25, -0.2) is 0 Å². The predicted molar refractivity (Wildman–Crippen MR) is 62.0 cm³/mol. The quantitative estimate of drug-likeness (QED) is 0.586. The summed E-state index contributed by atoms with van der Waals surface area (Å²) < 4.78 is 0. The zero-order valence-electron chi connectivity index (χ0n) is 7.40. The zero-order chi connectivity index (χ0) is 9.26. The molecule has 0 amide bonds. The summed E-state index contributed by atoms with van der Waals surface area (Å²) in [5.74, 6) is 0. The molecule has 0 radical (unpaired) electrons. The molecular formula is C10H7ClS2Zn. The number of hydrogen-bond donors (Lipinski definition) is 1. The van der Waals surface area contributed by atoms with Crippen LogP contribution in [0, 0.1) is 0 Å². The molecule has 1 aromatic carbocycles. The van der Waals surface area contributed by atoms with Crippen molar-refractivity contribution in [3.8, 4) is 10.4 Å². The molecule has 0 aliphatic carbocycles. The SMILES string of the molecule is Sc1ccccc1-c1sccc1Cl.[Zn]. The molecule has 0 nitrogen and oxygen atoms in total. The van der Waals surface area contributed by atoms with E-state index >= 15 is 0 Å². The maximum Gasteiger partial charge on any atom is 0.0592 e. The minimum absolute atomic E-state index is 0. The smallest absolute Gasteiger partial charge is 0.0592 e. The zero-order valence-corrected chi connectivity index (χ0v) is 12.8. The van der Waals surface area contributed by atoms with E-state index in [1.807, 2.05) is 35.7 Å². The Balaban J connectivity index is 0.000000980. The van der Waals surface area contributed by atoms with Gasteiger partial charge in [0.1, 0.15) is 0 Å². The summed E-state index contributed by atoms with van der Waals surface area (Å²) in [6.45, 7) is 0. The molecule has 0 aliphatic heterocycles. The van der Waals surface area contributed by atoms with Gasteiger partial charge in [-0.05, 0) is 17.5 Å². The van der Waals surface area contributed by atoms with Crippen molar-refractivity contribution >= 4 is 35.6 Å². The maximum absolute atomic E-state index is 6.02. The Kier molecular flexibility index (Phi) is 4.65. The van der Waals surface area contributed by atoms with E-state index in [0.29, 0.717) is 0 Å². The Bertz CT molecular complexity index is 426. The fourth-order valence-corrected chi connectivity index (χ4v) is 2.70. The van der Waals surface area contributed by atoms with Gasteiger partial charge in [0.25, 0.3) is 0 Å². The molecule has 0 N–H and O–H groups in total. The van der Waals surface area contributed by atoms with Crippen molar-refractivity contribution in [3.05, 3.63) is 40.7 Å². The second-order valence-electron chi connectivity index (χ2n) is 2.61. The molecule has 0 saturated carbocycles. The Morgan fingerprint density at radius 1 is 1.14 bits per heavy atom. The van der Waals surface area contributed by atoms with Crippen molar-refractivity contribution in [2.45, 2.75) is 4.90 Å². The second kappa shape index (κ2) is 5.32. The van der Waals surface area contributed by atoms with Gasteiger partial charge in [-0.2, -0.15) is 0 Å². The molecule has 0 bridgehead atoms. The van der Waals surface area contributed by atoms with Gasteiger partial charge in [0.15, 0.2) is 0 Å². The summed E-state index contributed by atoms with van der Waals surface area (Å²) in [5.41, 5.74) is 1.10. The van der Waals surface area contributed by atoms with E-state index < -0.39 is 0 Å². The minimum atomic E-state index is 0. The van der Waals surface area contributed by atoms with Gasteiger partial charge in [-0.3, -0.25) is 0 Å². The van der Waals surface area contributed by atoms with Gasteiger partial charge in [-0.1, -0.05) is 29.8 Å². The number of thiol groups is 1. The summed E-state index contributed by atoms with van der Waals surface area (Å²) in [6.07, 6.45) is 0. The number of thiophene rings is 1. The van der Waals surface area contributed by atoms with Crippen molar-refractivity contribution in [3.63, 3.8) is 0 Å². The molecule has 1 heterocycles. The van der Waals surface area contributed by atoms with Crippen LogP contribution in [-0.4, -0.2) is 0 Å². The van der Waals surface area contributed by atoms with Crippen LogP contribution in [0.15, 0.2) is 40.6 Å². The topological polar surface area (TPSA) is 0 Å². The van der Waals surface area contributed by atoms with E-state index in [0.717, 1.165) is 20.4 Å². The Hall–Kier alpha value is 0.183. The second-order valence-corrected chi connectivity index (χ2v) is 4.42. The van der Waals surface area contributed by atoms with E-state index in [4.69, 9.17) is 11.6 Å². The summed E-state index contributed by atoms with van der Waals surface area (Å²) >= 11 is 12.0. The fourth-order valence-electron chi connectivity index (χ4n) is 1.15. The van der Waals surface area contributed by atoms with Crippen LogP contribution < -0.4 is 0 Å². The van der Waals surface area contributed by atoms with Crippen LogP contribution in [0.5, 0.6) is 0 Å². The van der Waals surface area contributed by atoms with Crippen LogP contribution in [0.25, 0.3) is 10.4 Å². The first-order chi connectivity index (χ1) is 6.29. The number of benzene rings is 1. The molecule has 0 aliphatic rings. The van der Waals surface area contributed by atoms with Crippen molar-refractivity contribution in [1.29, 1.82) is 0 Å². The van der Waals surface area contributed by atoms with Crippen LogP contribution in [0.1, 0.15) is 0 Å². The largest absolute Gasteiger partial charge is 0.143 e. The number of rotatable bonds is 1. The summed E-state index contributed by atoms with van der Waals surface area (Å²) in [7, 11) is 0. The first-order valence-electron chi connectivity index (χ1n) is 3.80. The molecule has 0 fully saturated rings. The molecular weight excluding hydrogens is 285 g/mol. The van der Waals surface area contributed by atoms with E-state index in [2.05, 4.69) is 12.6 Å². The average molecular weight is 292 g/mol. The third-order valence-electron chi connectivity index (χ3n) is 1.77. The molecule has 0 spiro atoms. The van der Waals surface area contributed by atoms with Crippen LogP contribution in [0.3, 0.4) is 0 Å². The van der Waals surface area contributed by atoms with E-state index in [9.17, 15) is 0 Å². The molecule has 4 heteroatoms. The Morgan fingerprint density at radius 3 is 2.43 bits per heavy atom. The van der Waals surface area contributed by atoms with E-state index in [-0.39, 0.29) is 19.5 Å². The predicted octanol–water partition coefficient (Wildman–Crippen LogP) is 4.35. The van der Waals surface area contributed by atoms with Crippen molar-refractivity contribution in [1.82, 2.24) is 0 Å². The molecule has 0 saturated heterocycles. The first kappa shape index (κ1) is 12.3. The van der Waals surface area contributed by atoms with Gasteiger partial charge in [0.05, 0.1) is 9.90 Å². The molecule has 0 unspecified atom stereocenters. The van der Waals surface area contributed by atoms with E-state index in [1.54, 1.807) is 11.3 Å². The number of halogens is 1. The van der Waals surface area contributed by atoms with Crippen molar-refractivity contribution in [2.24, 2.45) is 0 Å². The molecule has 1 aromatic heterocycles. The fraction of sp³-hybridized carbons (Fsp3) is 0. The van der Waals surface area contributed by atoms with Gasteiger partial charge in [-0.15, -0.1) is 24.0 Å². The van der Waals surface area contributed by atoms with Crippen molar-refractivity contribution in [2.75, 3.05) is 0 Å². The maximum atomic E-state index is 6.02. The molecule has 2 aromatic rings. The first-order valence-corrected chi connectivity index (χ1v) is 5.51. The molecule has 68 valence electrons. The molecule has 2 rings (SSSR count). The third-order valence-corrected chi connectivity index (χ3v) is 3.53. The third kappa shape index (κ3) is 2.40. The van der Waals surface area contributed by atoms with Crippen molar-refractivity contribution < 1.29 is 19.5 Å². The summed E-state index contributed by atoms with van der Waals surface area (Å²) in [5, 5.41) is 2.78. The van der Waals surface area contributed by atoms with Crippen LogP contribution in [-0.2, 0) is 19.5 Å². The number of hydrogen-bond acceptors (Lipinski definition) is 2. The summed E-state index contributed by atoms with van der Waals surface area (Å²) in [4.78, 5) is 2.05. The van der Waals surface area contributed by atoms with Gasteiger partial charge in [0, 0.05) is 29.9 Å². The van der Waals surface area contributed by atoms with Gasteiger partial charge >= 0.3 is 0 Å². The minimum Gasteiger partial charge on any atom is -0.143 e. The normalized spacial score (nSPS) is 9.57. The molecule has 14 heavy (non-hydrogen) atoms. The van der Waals surface area contributed by atoms with Crippen LogP contribution in [0.2, 0.25) is 5.02 Å². The Labute approximate surface area is 110 Å². The van der Waals surface area contributed by atoms with Crippen LogP contribution in [0.4, 0.5) is 0 Å². The van der Waals surface area contributed by atoms with Crippen LogP contribution >= 0.6 is 35.6 Å². The Morgan fingerprint density at radius 2 is 1.86 bits per heavy atom. The monoisotopic (exact) mass is 290 g/mol. The summed E-state index contributed by atoms with van der Waals surface area (Å²) in [6, 6.07) is 9.86. The van der Waals surface area contributed by atoms with Gasteiger partial charge in [0.2, 0.25) is 0 Å². The standard InChI is InChI=1S/C10H7ClS2.Zn/c11-8-5-6-13-10(8)7-3-1-2-4-9(7)12;/h1-6,12H;. The van der Waals surface area contributed by atoms with E-state index in [1.165, 1.54) is 0 Å².